The Hall–Kier alpha value is -2.34. The molecule has 1 saturated heterocycles. The second-order valence-electron chi connectivity index (χ2n) is 7.14. The van der Waals surface area contributed by atoms with Gasteiger partial charge in [0.25, 0.3) is 15.9 Å². The minimum Gasteiger partial charge on any atom is -0.339 e. The quantitative estimate of drug-likeness (QED) is 0.859. The van der Waals surface area contributed by atoms with Crippen LogP contribution in [-0.2, 0) is 10.0 Å². The molecule has 144 valence electrons. The van der Waals surface area contributed by atoms with E-state index in [-0.39, 0.29) is 10.8 Å². The number of likely N-dealkylation sites (tertiary alicyclic amines) is 1. The number of aryl methyl sites for hydroxylation is 2. The van der Waals surface area contributed by atoms with Crippen LogP contribution in [-0.4, -0.2) is 32.3 Å². The van der Waals surface area contributed by atoms with Gasteiger partial charge in [-0.2, -0.15) is 0 Å². The van der Waals surface area contributed by atoms with E-state index in [0.29, 0.717) is 11.3 Å². The summed E-state index contributed by atoms with van der Waals surface area (Å²) in [5, 5.41) is 0. The molecule has 0 aliphatic carbocycles. The number of hydrogen-bond acceptors (Lipinski definition) is 3. The van der Waals surface area contributed by atoms with E-state index >= 15 is 0 Å². The molecule has 0 spiro atoms. The molecule has 0 bridgehead atoms. The van der Waals surface area contributed by atoms with Gasteiger partial charge < -0.3 is 4.90 Å². The second kappa shape index (κ2) is 8.13. The lowest BCUT2D eigenvalue weighted by atomic mass is 10.1. The van der Waals surface area contributed by atoms with Gasteiger partial charge in [-0.05, 0) is 74.2 Å². The Morgan fingerprint density at radius 3 is 2.11 bits per heavy atom. The summed E-state index contributed by atoms with van der Waals surface area (Å²) in [5.74, 6) is 0.0143. The van der Waals surface area contributed by atoms with Gasteiger partial charge in [-0.1, -0.05) is 18.9 Å². The summed E-state index contributed by atoms with van der Waals surface area (Å²) < 4.78 is 27.8. The predicted octanol–water partition coefficient (Wildman–Crippen LogP) is 4.12. The van der Waals surface area contributed by atoms with Gasteiger partial charge >= 0.3 is 0 Å². The Morgan fingerprint density at radius 1 is 0.889 bits per heavy atom. The molecular formula is C21H26N2O3S. The normalized spacial score (nSPS) is 15.3. The third-order valence-corrected chi connectivity index (χ3v) is 6.44. The maximum Gasteiger partial charge on any atom is 0.261 e. The molecule has 0 saturated carbocycles. The number of carbonyl (C=O) groups excluding carboxylic acids is 1. The van der Waals surface area contributed by atoms with Gasteiger partial charge in [0, 0.05) is 24.3 Å². The third-order valence-electron chi connectivity index (χ3n) is 5.07. The first-order valence-electron chi connectivity index (χ1n) is 9.36. The molecule has 27 heavy (non-hydrogen) atoms. The number of anilines is 1. The van der Waals surface area contributed by atoms with Crippen molar-refractivity contribution in [3.63, 3.8) is 0 Å². The molecule has 0 aromatic heterocycles. The van der Waals surface area contributed by atoms with Crippen molar-refractivity contribution < 1.29 is 13.2 Å². The first kappa shape index (κ1) is 19.4. The van der Waals surface area contributed by atoms with Gasteiger partial charge in [0.05, 0.1) is 4.90 Å². The molecular weight excluding hydrogens is 360 g/mol. The lowest BCUT2D eigenvalue weighted by Gasteiger charge is -2.20. The molecule has 1 aliphatic rings. The van der Waals surface area contributed by atoms with Crippen molar-refractivity contribution in [2.24, 2.45) is 0 Å². The van der Waals surface area contributed by atoms with E-state index in [1.165, 1.54) is 12.8 Å². The van der Waals surface area contributed by atoms with Gasteiger partial charge in [0.2, 0.25) is 0 Å². The van der Waals surface area contributed by atoms with Gasteiger partial charge in [0.15, 0.2) is 0 Å². The number of nitrogens with zero attached hydrogens (tertiary/aromatic N) is 1. The smallest absolute Gasteiger partial charge is 0.261 e. The Balaban J connectivity index is 1.73. The molecule has 3 rings (SSSR count). The van der Waals surface area contributed by atoms with Crippen molar-refractivity contribution in [3.8, 4) is 0 Å². The van der Waals surface area contributed by atoms with Crippen LogP contribution < -0.4 is 4.72 Å². The minimum atomic E-state index is -3.66. The highest BCUT2D eigenvalue weighted by atomic mass is 32.2. The summed E-state index contributed by atoms with van der Waals surface area (Å²) in [4.78, 5) is 14.7. The van der Waals surface area contributed by atoms with Crippen LogP contribution in [0, 0.1) is 13.8 Å². The lowest BCUT2D eigenvalue weighted by Crippen LogP contribution is -2.31. The zero-order valence-electron chi connectivity index (χ0n) is 15.9. The lowest BCUT2D eigenvalue weighted by molar-refractivity contribution is 0.0761. The molecule has 5 nitrogen and oxygen atoms in total. The molecule has 1 fully saturated rings. The van der Waals surface area contributed by atoms with Gasteiger partial charge in [0.1, 0.15) is 0 Å². The number of amides is 1. The zero-order valence-corrected chi connectivity index (χ0v) is 16.7. The van der Waals surface area contributed by atoms with Crippen LogP contribution in [0.5, 0.6) is 0 Å². The fourth-order valence-corrected chi connectivity index (χ4v) is 4.38. The topological polar surface area (TPSA) is 66.5 Å². The van der Waals surface area contributed by atoms with Gasteiger partial charge in [-0.15, -0.1) is 0 Å². The molecule has 2 aromatic rings. The van der Waals surface area contributed by atoms with Crippen LogP contribution in [0.3, 0.4) is 0 Å². The van der Waals surface area contributed by atoms with E-state index in [2.05, 4.69) is 4.72 Å². The summed E-state index contributed by atoms with van der Waals surface area (Å²) in [7, 11) is -3.66. The minimum absolute atomic E-state index is 0.0143. The van der Waals surface area contributed by atoms with E-state index in [1.807, 2.05) is 18.7 Å². The number of benzene rings is 2. The molecule has 1 aliphatic heterocycles. The molecule has 0 unspecified atom stereocenters. The van der Waals surface area contributed by atoms with Crippen LogP contribution in [0.2, 0.25) is 0 Å². The van der Waals surface area contributed by atoms with Crippen LogP contribution in [0.4, 0.5) is 5.69 Å². The summed E-state index contributed by atoms with van der Waals surface area (Å²) in [6.45, 7) is 5.41. The highest BCUT2D eigenvalue weighted by molar-refractivity contribution is 7.92. The average molecular weight is 387 g/mol. The Labute approximate surface area is 161 Å². The summed E-state index contributed by atoms with van der Waals surface area (Å²) in [6, 6.07) is 11.7. The van der Waals surface area contributed by atoms with E-state index < -0.39 is 10.0 Å². The maximum atomic E-state index is 12.6. The van der Waals surface area contributed by atoms with Gasteiger partial charge in [-0.25, -0.2) is 8.42 Å². The predicted molar refractivity (Wildman–Crippen MR) is 108 cm³/mol. The largest absolute Gasteiger partial charge is 0.339 e. The monoisotopic (exact) mass is 386 g/mol. The third kappa shape index (κ3) is 4.69. The van der Waals surface area contributed by atoms with Crippen molar-refractivity contribution in [3.05, 3.63) is 59.2 Å². The Morgan fingerprint density at radius 2 is 1.52 bits per heavy atom. The maximum absolute atomic E-state index is 12.6. The summed E-state index contributed by atoms with van der Waals surface area (Å²) >= 11 is 0. The van der Waals surface area contributed by atoms with Gasteiger partial charge in [-0.3, -0.25) is 9.52 Å². The Bertz CT molecular complexity index is 913. The van der Waals surface area contributed by atoms with Crippen molar-refractivity contribution in [1.82, 2.24) is 4.90 Å². The second-order valence-corrected chi connectivity index (χ2v) is 8.82. The Kier molecular flexibility index (Phi) is 5.85. The average Bonchev–Trinajstić information content (AvgIpc) is 2.93. The van der Waals surface area contributed by atoms with E-state index in [0.717, 1.165) is 37.1 Å². The molecule has 6 heteroatoms. The van der Waals surface area contributed by atoms with Crippen molar-refractivity contribution in [2.75, 3.05) is 17.8 Å². The molecule has 1 amide bonds. The molecule has 0 atom stereocenters. The number of carbonyl (C=O) groups is 1. The SMILES string of the molecule is Cc1ccc(S(=O)(=O)Nc2ccc(C(=O)N3CCCCCC3)cc2)cc1C. The van der Waals surface area contributed by atoms with Crippen LogP contribution in [0.15, 0.2) is 47.4 Å². The van der Waals surface area contributed by atoms with Crippen LogP contribution in [0.25, 0.3) is 0 Å². The van der Waals surface area contributed by atoms with Crippen LogP contribution in [0.1, 0.15) is 47.2 Å². The molecule has 0 radical (unpaired) electrons. The van der Waals surface area contributed by atoms with Crippen LogP contribution >= 0.6 is 0 Å². The molecule has 1 N–H and O–H groups in total. The molecule has 1 heterocycles. The number of sulfonamides is 1. The summed E-state index contributed by atoms with van der Waals surface area (Å²) in [5.41, 5.74) is 3.01. The highest BCUT2D eigenvalue weighted by Gasteiger charge is 2.18. The number of hydrogen-bond donors (Lipinski definition) is 1. The fourth-order valence-electron chi connectivity index (χ4n) is 3.23. The van der Waals surface area contributed by atoms with Crippen molar-refractivity contribution in [2.45, 2.75) is 44.4 Å². The number of nitrogens with one attached hydrogen (secondary N) is 1. The number of rotatable bonds is 4. The zero-order chi connectivity index (χ0) is 19.4. The van der Waals surface area contributed by atoms with E-state index in [9.17, 15) is 13.2 Å². The standard InChI is InChI=1S/C21H26N2O3S/c1-16-7-12-20(15-17(16)2)27(25,26)22-19-10-8-18(9-11-19)21(24)23-13-5-3-4-6-14-23/h7-12,15,22H,3-6,13-14H2,1-2H3. The first-order valence-corrected chi connectivity index (χ1v) is 10.8. The fraction of sp³-hybridized carbons (Fsp3) is 0.381. The van der Waals surface area contributed by atoms with E-state index in [1.54, 1.807) is 42.5 Å². The molecule has 2 aromatic carbocycles. The summed E-state index contributed by atoms with van der Waals surface area (Å²) in [6.07, 6.45) is 4.42. The van der Waals surface area contributed by atoms with E-state index in [4.69, 9.17) is 0 Å². The van der Waals surface area contributed by atoms with Crippen molar-refractivity contribution >= 4 is 21.6 Å². The first-order chi connectivity index (χ1) is 12.9. The van der Waals surface area contributed by atoms with Crippen molar-refractivity contribution in [1.29, 1.82) is 0 Å². The highest BCUT2D eigenvalue weighted by Crippen LogP contribution is 2.20.